The van der Waals surface area contributed by atoms with Crippen molar-refractivity contribution in [1.29, 1.82) is 0 Å². The largest absolute Gasteiger partial charge is 0.399 e. The highest BCUT2D eigenvalue weighted by Crippen LogP contribution is 2.44. The number of benzene rings is 1. The second kappa shape index (κ2) is 5.66. The zero-order valence-electron chi connectivity index (χ0n) is 12.4. The van der Waals surface area contributed by atoms with Crippen molar-refractivity contribution in [3.63, 3.8) is 0 Å². The SMILES string of the molecule is Nc1ccc(F)c(C(=O)N2CCC3(CCCCC3)CC2)c1. The van der Waals surface area contributed by atoms with Gasteiger partial charge in [-0.3, -0.25) is 4.79 Å². The van der Waals surface area contributed by atoms with E-state index < -0.39 is 5.82 Å². The van der Waals surface area contributed by atoms with E-state index in [2.05, 4.69) is 0 Å². The van der Waals surface area contributed by atoms with Gasteiger partial charge in [0, 0.05) is 18.8 Å². The smallest absolute Gasteiger partial charge is 0.256 e. The number of carbonyl (C=O) groups is 1. The lowest BCUT2D eigenvalue weighted by molar-refractivity contribution is 0.0468. The molecule has 0 radical (unpaired) electrons. The van der Waals surface area contributed by atoms with Crippen LogP contribution in [0.2, 0.25) is 0 Å². The number of carbonyl (C=O) groups excluding carboxylic acids is 1. The third-order valence-electron chi connectivity index (χ3n) is 5.25. The molecule has 1 aliphatic carbocycles. The summed E-state index contributed by atoms with van der Waals surface area (Å²) in [5.41, 5.74) is 6.65. The van der Waals surface area contributed by atoms with Crippen molar-refractivity contribution in [3.8, 4) is 0 Å². The zero-order chi connectivity index (χ0) is 14.9. The van der Waals surface area contributed by atoms with Crippen molar-refractivity contribution >= 4 is 11.6 Å². The summed E-state index contributed by atoms with van der Waals surface area (Å²) < 4.78 is 13.8. The number of nitrogens with two attached hydrogens (primary N) is 1. The Kier molecular flexibility index (Phi) is 3.87. The monoisotopic (exact) mass is 290 g/mol. The first kappa shape index (κ1) is 14.4. The van der Waals surface area contributed by atoms with Crippen molar-refractivity contribution in [3.05, 3.63) is 29.6 Å². The van der Waals surface area contributed by atoms with E-state index in [4.69, 9.17) is 5.73 Å². The zero-order valence-corrected chi connectivity index (χ0v) is 12.4. The number of likely N-dealkylation sites (tertiary alicyclic amines) is 1. The Labute approximate surface area is 125 Å². The topological polar surface area (TPSA) is 46.3 Å². The maximum absolute atomic E-state index is 13.8. The average molecular weight is 290 g/mol. The fourth-order valence-electron chi connectivity index (χ4n) is 3.86. The molecule has 3 nitrogen and oxygen atoms in total. The molecule has 0 unspecified atom stereocenters. The van der Waals surface area contributed by atoms with Gasteiger partial charge in [0.25, 0.3) is 5.91 Å². The van der Waals surface area contributed by atoms with Crippen molar-refractivity contribution < 1.29 is 9.18 Å². The van der Waals surface area contributed by atoms with Crippen LogP contribution in [-0.4, -0.2) is 23.9 Å². The molecule has 0 aromatic heterocycles. The minimum Gasteiger partial charge on any atom is -0.399 e. The van der Waals surface area contributed by atoms with E-state index in [0.29, 0.717) is 11.1 Å². The Balaban J connectivity index is 1.69. The van der Waals surface area contributed by atoms with Gasteiger partial charge in [-0.15, -0.1) is 0 Å². The summed E-state index contributed by atoms with van der Waals surface area (Å²) in [6, 6.07) is 4.21. The molecule has 1 aromatic rings. The lowest BCUT2D eigenvalue weighted by atomic mass is 9.68. The first-order chi connectivity index (χ1) is 10.1. The molecule has 1 saturated carbocycles. The van der Waals surface area contributed by atoms with Crippen LogP contribution in [0.1, 0.15) is 55.3 Å². The molecule has 1 aromatic carbocycles. The number of hydrogen-bond donors (Lipinski definition) is 1. The highest BCUT2D eigenvalue weighted by Gasteiger charge is 2.37. The summed E-state index contributed by atoms with van der Waals surface area (Å²) in [5, 5.41) is 0. The van der Waals surface area contributed by atoms with Gasteiger partial charge in [0.05, 0.1) is 5.56 Å². The number of anilines is 1. The summed E-state index contributed by atoms with van der Waals surface area (Å²) in [6.07, 6.45) is 8.68. The van der Waals surface area contributed by atoms with Crippen LogP contribution < -0.4 is 5.73 Å². The van der Waals surface area contributed by atoms with E-state index in [1.54, 1.807) is 4.90 Å². The van der Waals surface area contributed by atoms with E-state index in [1.165, 1.54) is 50.3 Å². The maximum Gasteiger partial charge on any atom is 0.256 e. The van der Waals surface area contributed by atoms with Crippen molar-refractivity contribution in [2.75, 3.05) is 18.8 Å². The number of rotatable bonds is 1. The summed E-state index contributed by atoms with van der Waals surface area (Å²) in [6.45, 7) is 1.49. The number of piperidine rings is 1. The van der Waals surface area contributed by atoms with E-state index in [1.807, 2.05) is 0 Å². The van der Waals surface area contributed by atoms with Crippen LogP contribution in [0.5, 0.6) is 0 Å². The molecule has 21 heavy (non-hydrogen) atoms. The van der Waals surface area contributed by atoms with Crippen LogP contribution in [0.25, 0.3) is 0 Å². The molecule has 2 fully saturated rings. The Morgan fingerprint density at radius 3 is 2.43 bits per heavy atom. The van der Waals surface area contributed by atoms with Crippen molar-refractivity contribution in [1.82, 2.24) is 4.90 Å². The second-order valence-electron chi connectivity index (χ2n) is 6.59. The average Bonchev–Trinajstić information content (AvgIpc) is 2.51. The normalized spacial score (nSPS) is 21.5. The van der Waals surface area contributed by atoms with Crippen LogP contribution >= 0.6 is 0 Å². The van der Waals surface area contributed by atoms with E-state index in [9.17, 15) is 9.18 Å². The van der Waals surface area contributed by atoms with Crippen molar-refractivity contribution in [2.45, 2.75) is 44.9 Å². The molecule has 4 heteroatoms. The molecular weight excluding hydrogens is 267 g/mol. The number of nitrogen functional groups attached to an aromatic ring is 1. The van der Waals surface area contributed by atoms with Gasteiger partial charge in [-0.2, -0.15) is 0 Å². The molecular formula is C17H23FN2O. The molecule has 1 heterocycles. The predicted octanol–water partition coefficient (Wildman–Crippen LogP) is 3.59. The first-order valence-corrected chi connectivity index (χ1v) is 7.94. The summed E-state index contributed by atoms with van der Waals surface area (Å²) in [4.78, 5) is 14.3. The third kappa shape index (κ3) is 2.89. The third-order valence-corrected chi connectivity index (χ3v) is 5.25. The quantitative estimate of drug-likeness (QED) is 0.803. The Hall–Kier alpha value is -1.58. The highest BCUT2D eigenvalue weighted by atomic mass is 19.1. The Morgan fingerprint density at radius 1 is 1.10 bits per heavy atom. The van der Waals surface area contributed by atoms with Crippen LogP contribution in [0.4, 0.5) is 10.1 Å². The van der Waals surface area contributed by atoms with Crippen molar-refractivity contribution in [2.24, 2.45) is 5.41 Å². The van der Waals surface area contributed by atoms with E-state index >= 15 is 0 Å². The number of halogens is 1. The molecule has 3 rings (SSSR count). The summed E-state index contributed by atoms with van der Waals surface area (Å²) in [5.74, 6) is -0.697. The molecule has 0 atom stereocenters. The predicted molar refractivity (Wildman–Crippen MR) is 81.5 cm³/mol. The molecule has 1 spiro atoms. The Bertz CT molecular complexity index is 528. The van der Waals surface area contributed by atoms with Gasteiger partial charge < -0.3 is 10.6 Å². The van der Waals surface area contributed by atoms with Gasteiger partial charge >= 0.3 is 0 Å². The molecule has 2 N–H and O–H groups in total. The lowest BCUT2D eigenvalue weighted by Gasteiger charge is -2.44. The van der Waals surface area contributed by atoms with Gasteiger partial charge in [-0.25, -0.2) is 4.39 Å². The molecule has 1 amide bonds. The summed E-state index contributed by atoms with van der Waals surface area (Å²) in [7, 11) is 0. The molecule has 2 aliphatic rings. The number of nitrogens with zero attached hydrogens (tertiary/aromatic N) is 1. The molecule has 0 bridgehead atoms. The fourth-order valence-corrected chi connectivity index (χ4v) is 3.86. The van der Waals surface area contributed by atoms with Gasteiger partial charge in [0.2, 0.25) is 0 Å². The van der Waals surface area contributed by atoms with Crippen LogP contribution in [0.15, 0.2) is 18.2 Å². The van der Waals surface area contributed by atoms with Crippen LogP contribution in [0, 0.1) is 11.2 Å². The van der Waals surface area contributed by atoms with Gasteiger partial charge in [-0.1, -0.05) is 19.3 Å². The minimum atomic E-state index is -0.479. The van der Waals surface area contributed by atoms with E-state index in [0.717, 1.165) is 25.9 Å². The van der Waals surface area contributed by atoms with Gasteiger partial charge in [-0.05, 0) is 49.3 Å². The molecule has 1 aliphatic heterocycles. The fraction of sp³-hybridized carbons (Fsp3) is 0.588. The first-order valence-electron chi connectivity index (χ1n) is 7.94. The van der Waals surface area contributed by atoms with E-state index in [-0.39, 0.29) is 11.5 Å². The number of amides is 1. The number of hydrogen-bond acceptors (Lipinski definition) is 2. The minimum absolute atomic E-state index is 0.106. The molecule has 1 saturated heterocycles. The highest BCUT2D eigenvalue weighted by molar-refractivity contribution is 5.95. The van der Waals surface area contributed by atoms with Crippen LogP contribution in [-0.2, 0) is 0 Å². The van der Waals surface area contributed by atoms with Gasteiger partial charge in [0.1, 0.15) is 5.82 Å². The standard InChI is InChI=1S/C17H23FN2O/c18-15-5-4-13(19)12-14(15)16(21)20-10-8-17(9-11-20)6-2-1-3-7-17/h4-5,12H,1-3,6-11,19H2. The second-order valence-corrected chi connectivity index (χ2v) is 6.59. The van der Waals surface area contributed by atoms with Gasteiger partial charge in [0.15, 0.2) is 0 Å². The summed E-state index contributed by atoms with van der Waals surface area (Å²) >= 11 is 0. The Morgan fingerprint density at radius 2 is 1.76 bits per heavy atom. The molecule has 114 valence electrons. The van der Waals surface area contributed by atoms with Crippen LogP contribution in [0.3, 0.4) is 0 Å². The lowest BCUT2D eigenvalue weighted by Crippen LogP contribution is -2.44. The maximum atomic E-state index is 13.8.